The first-order valence-electron chi connectivity index (χ1n) is 9.34. The molecule has 0 N–H and O–H groups in total. The summed E-state index contributed by atoms with van der Waals surface area (Å²) in [5.74, 6) is 0. The molecule has 4 aromatic rings. The van der Waals surface area contributed by atoms with E-state index in [1.54, 1.807) is 0 Å². The van der Waals surface area contributed by atoms with Gasteiger partial charge in [0.25, 0.3) is 0 Å². The van der Waals surface area contributed by atoms with Crippen LogP contribution in [0.4, 0.5) is 0 Å². The lowest BCUT2D eigenvalue weighted by Crippen LogP contribution is -1.95. The molecule has 4 aromatic carbocycles. The fourth-order valence-corrected chi connectivity index (χ4v) is 4.85. The van der Waals surface area contributed by atoms with Gasteiger partial charge >= 0.3 is 0 Å². The van der Waals surface area contributed by atoms with E-state index in [-0.39, 0.29) is 0 Å². The van der Waals surface area contributed by atoms with Crippen LogP contribution in [0.5, 0.6) is 0 Å². The van der Waals surface area contributed by atoms with Gasteiger partial charge in [0.05, 0.1) is 0 Å². The van der Waals surface area contributed by atoms with Crippen molar-refractivity contribution in [1.82, 2.24) is 0 Å². The Kier molecular flexibility index (Phi) is 7.04. The first-order valence-corrected chi connectivity index (χ1v) is 12.7. The van der Waals surface area contributed by atoms with E-state index in [1.807, 2.05) is 48.5 Å². The Morgan fingerprint density at radius 2 is 0.933 bits per heavy atom. The highest BCUT2D eigenvalue weighted by molar-refractivity contribution is 7.67. The van der Waals surface area contributed by atoms with E-state index < -0.39 is 0 Å². The minimum atomic E-state index is 0.295. The van der Waals surface area contributed by atoms with Crippen molar-refractivity contribution in [2.45, 2.75) is 6.16 Å². The minimum Gasteiger partial charge on any atom is -0.0997 e. The van der Waals surface area contributed by atoms with Crippen molar-refractivity contribution >= 4 is 54.0 Å². The van der Waals surface area contributed by atoms with Gasteiger partial charge in [-0.25, -0.2) is 0 Å². The molecule has 0 bridgehead atoms. The highest BCUT2D eigenvalue weighted by Crippen LogP contribution is 2.44. The van der Waals surface area contributed by atoms with Crippen molar-refractivity contribution in [1.29, 1.82) is 0 Å². The fraction of sp³-hybridized carbons (Fsp3) is 0.0400. The molecule has 1 atom stereocenters. The fourth-order valence-electron chi connectivity index (χ4n) is 3.60. The Labute approximate surface area is 198 Å². The zero-order valence-electron chi connectivity index (χ0n) is 15.8. The molecule has 4 rings (SSSR count). The molecule has 0 amide bonds. The minimum absolute atomic E-state index is 0.295. The number of rotatable bonds is 5. The van der Waals surface area contributed by atoms with Gasteiger partial charge in [-0.1, -0.05) is 94.6 Å². The van der Waals surface area contributed by atoms with Crippen LogP contribution in [0.15, 0.2) is 84.9 Å². The van der Waals surface area contributed by atoms with Crippen LogP contribution in [-0.2, 0) is 6.16 Å². The van der Waals surface area contributed by atoms with Gasteiger partial charge in [0, 0.05) is 21.2 Å². The Morgan fingerprint density at radius 3 is 1.40 bits per heavy atom. The van der Waals surface area contributed by atoms with Crippen molar-refractivity contribution in [3.05, 3.63) is 106 Å². The van der Waals surface area contributed by atoms with E-state index in [1.165, 1.54) is 5.56 Å². The predicted octanol–water partition coefficient (Wildman–Crippen LogP) is 9.98. The normalized spacial score (nSPS) is 11.3. The largest absolute Gasteiger partial charge is 0.0997 e. The second kappa shape index (κ2) is 9.73. The third-order valence-corrected chi connectivity index (χ3v) is 6.64. The molecule has 0 aromatic heterocycles. The van der Waals surface area contributed by atoms with Crippen molar-refractivity contribution in [3.63, 3.8) is 0 Å². The van der Waals surface area contributed by atoms with Crippen molar-refractivity contribution in [2.75, 3.05) is 0 Å². The van der Waals surface area contributed by atoms with Crippen molar-refractivity contribution in [2.24, 2.45) is 0 Å². The molecule has 5 heteroatoms. The van der Waals surface area contributed by atoms with E-state index in [9.17, 15) is 0 Å². The van der Waals surface area contributed by atoms with Crippen LogP contribution in [-0.4, -0.2) is 0 Å². The van der Waals surface area contributed by atoms with Crippen LogP contribution >= 0.6 is 54.0 Å². The quantitative estimate of drug-likeness (QED) is 0.244. The SMILES string of the molecule is ClPCc1ccc(-c2ccc(Cl)cc2)c(-c2ccc(Cl)cc2)c1-c1ccc(Cl)cc1. The van der Waals surface area contributed by atoms with Gasteiger partial charge in [-0.15, -0.1) is 0 Å². The Balaban J connectivity index is 2.06. The molecule has 30 heavy (non-hydrogen) atoms. The summed E-state index contributed by atoms with van der Waals surface area (Å²) in [5, 5.41) is 2.13. The smallest absolute Gasteiger partial charge is 0.0406 e. The molecule has 0 saturated heterocycles. The van der Waals surface area contributed by atoms with Gasteiger partial charge < -0.3 is 0 Å². The van der Waals surface area contributed by atoms with Gasteiger partial charge in [-0.05, 0) is 83.3 Å². The van der Waals surface area contributed by atoms with E-state index in [4.69, 9.17) is 46.0 Å². The van der Waals surface area contributed by atoms with Crippen LogP contribution < -0.4 is 0 Å². The molecule has 0 spiro atoms. The summed E-state index contributed by atoms with van der Waals surface area (Å²) >= 11 is 24.7. The Morgan fingerprint density at radius 1 is 0.500 bits per heavy atom. The molecule has 0 saturated carbocycles. The van der Waals surface area contributed by atoms with Crippen LogP contribution in [0.1, 0.15) is 5.56 Å². The van der Waals surface area contributed by atoms with Gasteiger partial charge in [0.2, 0.25) is 0 Å². The lowest BCUT2D eigenvalue weighted by molar-refractivity contribution is 1.40. The van der Waals surface area contributed by atoms with Crippen LogP contribution in [0, 0.1) is 0 Å². The van der Waals surface area contributed by atoms with E-state index >= 15 is 0 Å². The van der Waals surface area contributed by atoms with Gasteiger partial charge in [-0.3, -0.25) is 0 Å². The predicted molar refractivity (Wildman–Crippen MR) is 136 cm³/mol. The summed E-state index contributed by atoms with van der Waals surface area (Å²) in [6.07, 6.45) is 0.793. The average molecular weight is 490 g/mol. The molecular weight excluding hydrogens is 473 g/mol. The number of benzene rings is 4. The molecular formula is C25H17Cl4P. The summed E-state index contributed by atoms with van der Waals surface area (Å²) in [6, 6.07) is 28.2. The second-order valence-corrected chi connectivity index (χ2v) is 9.59. The highest BCUT2D eigenvalue weighted by atomic mass is 35.7. The molecule has 0 heterocycles. The summed E-state index contributed by atoms with van der Waals surface area (Å²) < 4.78 is 0. The monoisotopic (exact) mass is 488 g/mol. The van der Waals surface area contributed by atoms with Crippen LogP contribution in [0.3, 0.4) is 0 Å². The van der Waals surface area contributed by atoms with Crippen molar-refractivity contribution < 1.29 is 0 Å². The standard InChI is InChI=1S/C25H17Cl4P/c26-20-8-1-16(2-9-20)23-14-7-19(15-30-29)24(17-3-10-21(27)11-4-17)25(23)18-5-12-22(28)13-6-18/h1-14,30H,15H2. The van der Waals surface area contributed by atoms with E-state index in [0.29, 0.717) is 23.0 Å². The topological polar surface area (TPSA) is 0 Å². The van der Waals surface area contributed by atoms with Gasteiger partial charge in [-0.2, -0.15) is 0 Å². The molecule has 0 nitrogen and oxygen atoms in total. The summed E-state index contributed by atoms with van der Waals surface area (Å²) in [4.78, 5) is 0. The highest BCUT2D eigenvalue weighted by Gasteiger charge is 2.18. The zero-order chi connectivity index (χ0) is 21.1. The number of halogens is 4. The Hall–Kier alpha value is -1.53. The van der Waals surface area contributed by atoms with Crippen molar-refractivity contribution in [3.8, 4) is 33.4 Å². The maximum Gasteiger partial charge on any atom is 0.0406 e. The average Bonchev–Trinajstić information content (AvgIpc) is 2.76. The van der Waals surface area contributed by atoms with Crippen LogP contribution in [0.2, 0.25) is 15.1 Å². The van der Waals surface area contributed by atoms with Gasteiger partial charge in [0.15, 0.2) is 0 Å². The molecule has 0 aliphatic rings. The third kappa shape index (κ3) is 4.70. The summed E-state index contributed by atoms with van der Waals surface area (Å²) in [7, 11) is 0.295. The first-order chi connectivity index (χ1) is 14.6. The lowest BCUT2D eigenvalue weighted by atomic mass is 9.85. The lowest BCUT2D eigenvalue weighted by Gasteiger charge is -2.20. The molecule has 1 unspecified atom stereocenters. The van der Waals surface area contributed by atoms with Gasteiger partial charge in [0.1, 0.15) is 0 Å². The molecule has 0 fully saturated rings. The molecule has 0 aliphatic carbocycles. The van der Waals surface area contributed by atoms with E-state index in [2.05, 4.69) is 36.4 Å². The molecule has 150 valence electrons. The molecule has 0 aliphatic heterocycles. The maximum atomic E-state index is 6.19. The van der Waals surface area contributed by atoms with Crippen LogP contribution in [0.25, 0.3) is 33.4 Å². The number of hydrogen-bond acceptors (Lipinski definition) is 0. The maximum absolute atomic E-state index is 6.19. The van der Waals surface area contributed by atoms with E-state index in [0.717, 1.165) is 39.5 Å². The third-order valence-electron chi connectivity index (χ3n) is 4.97. The summed E-state index contributed by atoms with van der Waals surface area (Å²) in [5.41, 5.74) is 7.92. The summed E-state index contributed by atoms with van der Waals surface area (Å²) in [6.45, 7) is 0. The Bertz CT molecular complexity index is 1150. The zero-order valence-corrected chi connectivity index (χ0v) is 19.8. The first kappa shape index (κ1) is 21.7. The second-order valence-electron chi connectivity index (χ2n) is 6.85. The molecule has 0 radical (unpaired) electrons. The number of hydrogen-bond donors (Lipinski definition) is 0.